The molecule has 3 heterocycles. The first-order valence-electron chi connectivity index (χ1n) is 7.89. The van der Waals surface area contributed by atoms with E-state index in [1.165, 1.54) is 0 Å². The predicted molar refractivity (Wildman–Crippen MR) is 87.3 cm³/mol. The molecule has 0 saturated carbocycles. The zero-order valence-corrected chi connectivity index (χ0v) is 13.8. The van der Waals surface area contributed by atoms with Crippen LogP contribution in [0.2, 0.25) is 0 Å². The van der Waals surface area contributed by atoms with E-state index in [1.54, 1.807) is 6.20 Å². The minimum atomic E-state index is -0.0778. The lowest BCUT2D eigenvalue weighted by atomic mass is 10.0. The van der Waals surface area contributed by atoms with Crippen molar-refractivity contribution in [1.82, 2.24) is 25.1 Å². The number of carbonyl (C=O) groups excluding carboxylic acids is 1. The van der Waals surface area contributed by atoms with Crippen molar-refractivity contribution < 1.29 is 4.79 Å². The highest BCUT2D eigenvalue weighted by atomic mass is 16.2. The first-order chi connectivity index (χ1) is 11.1. The van der Waals surface area contributed by atoms with Crippen LogP contribution in [0, 0.1) is 6.92 Å². The molecule has 1 fully saturated rings. The number of anilines is 1. The van der Waals surface area contributed by atoms with Gasteiger partial charge in [0.1, 0.15) is 11.5 Å². The standard InChI is InChI=1S/C16H22N6O/c1-11-18-15(20-19-11)14-6-4-5-9-22(14)16(23)13-10-12(21(2)3)7-8-17-13/h7-8,10,14H,4-6,9H2,1-3H3,(H,18,19,20)/t14-/m0/s1. The number of nitrogens with zero attached hydrogens (tertiary/aromatic N) is 5. The van der Waals surface area contributed by atoms with Crippen LogP contribution in [-0.2, 0) is 0 Å². The average molecular weight is 314 g/mol. The SMILES string of the molecule is Cc1nc([C@@H]2CCCCN2C(=O)c2cc(N(C)C)ccn2)n[nH]1. The van der Waals surface area contributed by atoms with Gasteiger partial charge in [0, 0.05) is 32.5 Å². The van der Waals surface area contributed by atoms with Crippen molar-refractivity contribution in [2.24, 2.45) is 0 Å². The van der Waals surface area contributed by atoms with Gasteiger partial charge in [-0.15, -0.1) is 0 Å². The monoisotopic (exact) mass is 314 g/mol. The van der Waals surface area contributed by atoms with Crippen LogP contribution in [0.1, 0.15) is 47.4 Å². The molecule has 2 aromatic heterocycles. The van der Waals surface area contributed by atoms with Gasteiger partial charge in [0.25, 0.3) is 5.91 Å². The smallest absolute Gasteiger partial charge is 0.273 e. The lowest BCUT2D eigenvalue weighted by molar-refractivity contribution is 0.0594. The van der Waals surface area contributed by atoms with E-state index >= 15 is 0 Å². The molecule has 7 nitrogen and oxygen atoms in total. The highest BCUT2D eigenvalue weighted by Crippen LogP contribution is 2.30. The molecular formula is C16H22N6O. The Hall–Kier alpha value is -2.44. The number of amides is 1. The molecule has 1 saturated heterocycles. The second-order valence-electron chi connectivity index (χ2n) is 6.08. The summed E-state index contributed by atoms with van der Waals surface area (Å²) in [4.78, 5) is 25.4. The largest absolute Gasteiger partial charge is 0.378 e. The van der Waals surface area contributed by atoms with Crippen LogP contribution in [0.3, 0.4) is 0 Å². The minimum absolute atomic E-state index is 0.0548. The highest BCUT2D eigenvalue weighted by Gasteiger charge is 2.31. The van der Waals surface area contributed by atoms with Crippen LogP contribution in [0.25, 0.3) is 0 Å². The number of aromatic nitrogens is 4. The Kier molecular flexibility index (Phi) is 4.27. The zero-order chi connectivity index (χ0) is 16.4. The maximum Gasteiger partial charge on any atom is 0.273 e. The van der Waals surface area contributed by atoms with E-state index in [2.05, 4.69) is 20.2 Å². The molecule has 122 valence electrons. The molecule has 0 radical (unpaired) electrons. The average Bonchev–Trinajstić information content (AvgIpc) is 3.00. The summed E-state index contributed by atoms with van der Waals surface area (Å²) in [5.74, 6) is 1.41. The number of hydrogen-bond acceptors (Lipinski definition) is 5. The summed E-state index contributed by atoms with van der Waals surface area (Å²) >= 11 is 0. The zero-order valence-electron chi connectivity index (χ0n) is 13.8. The topological polar surface area (TPSA) is 78.0 Å². The number of likely N-dealkylation sites (tertiary alicyclic amines) is 1. The third-order valence-electron chi connectivity index (χ3n) is 4.16. The van der Waals surface area contributed by atoms with Gasteiger partial charge in [0.05, 0.1) is 6.04 Å². The summed E-state index contributed by atoms with van der Waals surface area (Å²) in [6.07, 6.45) is 4.64. The molecule has 0 unspecified atom stereocenters. The minimum Gasteiger partial charge on any atom is -0.378 e. The van der Waals surface area contributed by atoms with Crippen molar-refractivity contribution in [3.63, 3.8) is 0 Å². The second-order valence-corrected chi connectivity index (χ2v) is 6.08. The molecule has 1 amide bonds. The number of nitrogens with one attached hydrogen (secondary N) is 1. The molecular weight excluding hydrogens is 292 g/mol. The van der Waals surface area contributed by atoms with E-state index in [9.17, 15) is 4.79 Å². The molecule has 0 spiro atoms. The number of pyridine rings is 1. The number of carbonyl (C=O) groups is 1. The maximum atomic E-state index is 12.9. The summed E-state index contributed by atoms with van der Waals surface area (Å²) in [5.41, 5.74) is 1.43. The van der Waals surface area contributed by atoms with E-state index in [-0.39, 0.29) is 11.9 Å². The lowest BCUT2D eigenvalue weighted by Gasteiger charge is -2.33. The Morgan fingerprint density at radius 1 is 1.39 bits per heavy atom. The molecule has 1 atom stereocenters. The first-order valence-corrected chi connectivity index (χ1v) is 7.89. The van der Waals surface area contributed by atoms with Crippen LogP contribution < -0.4 is 4.90 Å². The van der Waals surface area contributed by atoms with Crippen molar-refractivity contribution in [2.75, 3.05) is 25.5 Å². The molecule has 23 heavy (non-hydrogen) atoms. The molecule has 1 N–H and O–H groups in total. The van der Waals surface area contributed by atoms with Crippen molar-refractivity contribution in [2.45, 2.75) is 32.2 Å². The Bertz CT molecular complexity index is 695. The number of piperidine rings is 1. The molecule has 1 aliphatic heterocycles. The van der Waals surface area contributed by atoms with Crippen molar-refractivity contribution in [3.8, 4) is 0 Å². The van der Waals surface area contributed by atoms with E-state index in [0.29, 0.717) is 18.1 Å². The predicted octanol–water partition coefficient (Wildman–Crippen LogP) is 1.94. The number of aromatic amines is 1. The number of aryl methyl sites for hydroxylation is 1. The summed E-state index contributed by atoms with van der Waals surface area (Å²) in [6.45, 7) is 2.58. The number of H-pyrrole nitrogens is 1. The third-order valence-corrected chi connectivity index (χ3v) is 4.16. The van der Waals surface area contributed by atoms with Gasteiger partial charge in [-0.25, -0.2) is 4.98 Å². The van der Waals surface area contributed by atoms with Gasteiger partial charge in [0.2, 0.25) is 0 Å². The molecule has 0 aliphatic carbocycles. The fourth-order valence-electron chi connectivity index (χ4n) is 2.91. The number of hydrogen-bond donors (Lipinski definition) is 1. The normalized spacial score (nSPS) is 18.0. The van der Waals surface area contributed by atoms with Gasteiger partial charge in [0.15, 0.2) is 5.82 Å². The Morgan fingerprint density at radius 3 is 2.91 bits per heavy atom. The fraction of sp³-hybridized carbons (Fsp3) is 0.500. The number of rotatable bonds is 3. The maximum absolute atomic E-state index is 12.9. The van der Waals surface area contributed by atoms with Gasteiger partial charge in [-0.1, -0.05) is 0 Å². The lowest BCUT2D eigenvalue weighted by Crippen LogP contribution is -2.39. The summed E-state index contributed by atoms with van der Waals surface area (Å²) < 4.78 is 0. The van der Waals surface area contributed by atoms with Gasteiger partial charge in [-0.2, -0.15) is 5.10 Å². The van der Waals surface area contributed by atoms with Gasteiger partial charge >= 0.3 is 0 Å². The van der Waals surface area contributed by atoms with Crippen LogP contribution >= 0.6 is 0 Å². The highest BCUT2D eigenvalue weighted by molar-refractivity contribution is 5.93. The third kappa shape index (κ3) is 3.18. The summed E-state index contributed by atoms with van der Waals surface area (Å²) in [6, 6.07) is 3.64. The Labute approximate surface area is 135 Å². The van der Waals surface area contributed by atoms with Crippen molar-refractivity contribution in [1.29, 1.82) is 0 Å². The van der Waals surface area contributed by atoms with E-state index in [1.807, 2.05) is 43.0 Å². The van der Waals surface area contributed by atoms with Crippen molar-refractivity contribution >= 4 is 11.6 Å². The Morgan fingerprint density at radius 2 is 2.22 bits per heavy atom. The molecule has 2 aromatic rings. The van der Waals surface area contributed by atoms with Crippen molar-refractivity contribution in [3.05, 3.63) is 35.7 Å². The van der Waals surface area contributed by atoms with Crippen LogP contribution in [0.4, 0.5) is 5.69 Å². The molecule has 0 aromatic carbocycles. The Balaban J connectivity index is 1.88. The molecule has 0 bridgehead atoms. The molecule has 7 heteroatoms. The first kappa shape index (κ1) is 15.5. The summed E-state index contributed by atoms with van der Waals surface area (Å²) in [5, 5.41) is 7.12. The van der Waals surface area contributed by atoms with Gasteiger partial charge in [-0.05, 0) is 38.3 Å². The molecule has 3 rings (SSSR count). The second kappa shape index (κ2) is 6.36. The van der Waals surface area contributed by atoms with Crippen LogP contribution in [0.15, 0.2) is 18.3 Å². The van der Waals surface area contributed by atoms with E-state index in [0.717, 1.165) is 30.8 Å². The molecule has 1 aliphatic rings. The van der Waals surface area contributed by atoms with Gasteiger partial charge < -0.3 is 9.80 Å². The summed E-state index contributed by atoms with van der Waals surface area (Å²) in [7, 11) is 3.90. The van der Waals surface area contributed by atoms with E-state index in [4.69, 9.17) is 0 Å². The van der Waals surface area contributed by atoms with Gasteiger partial charge in [-0.3, -0.25) is 14.9 Å². The van der Waals surface area contributed by atoms with E-state index < -0.39 is 0 Å². The van der Waals surface area contributed by atoms with Crippen LogP contribution in [-0.4, -0.2) is 51.6 Å². The fourth-order valence-corrected chi connectivity index (χ4v) is 2.91. The van der Waals surface area contributed by atoms with Crippen LogP contribution in [0.5, 0.6) is 0 Å². The quantitative estimate of drug-likeness (QED) is 0.937.